The molecule has 0 saturated carbocycles. The summed E-state index contributed by atoms with van der Waals surface area (Å²) >= 11 is 0. The van der Waals surface area contributed by atoms with Crippen molar-refractivity contribution < 1.29 is 9.53 Å². The largest absolute Gasteiger partial charge is 0.490 e. The molecule has 1 saturated heterocycles. The fraction of sp³-hybridized carbons (Fsp3) is 0.500. The lowest BCUT2D eigenvalue weighted by Crippen LogP contribution is -2.54. The van der Waals surface area contributed by atoms with Gasteiger partial charge in [-0.1, -0.05) is 20.4 Å². The zero-order chi connectivity index (χ0) is 18.9. The van der Waals surface area contributed by atoms with Gasteiger partial charge in [0.05, 0.1) is 18.1 Å². The van der Waals surface area contributed by atoms with Gasteiger partial charge < -0.3 is 20.3 Å². The number of rotatable bonds is 9. The lowest BCUT2D eigenvalue weighted by molar-refractivity contribution is -0.114. The third-order valence-electron chi connectivity index (χ3n) is 4.72. The molecule has 0 amide bonds. The van der Waals surface area contributed by atoms with Gasteiger partial charge in [0.2, 0.25) is 0 Å². The fourth-order valence-corrected chi connectivity index (χ4v) is 2.94. The number of piperazine rings is 1. The minimum atomic E-state index is 0.0939. The van der Waals surface area contributed by atoms with Gasteiger partial charge in [0.15, 0.2) is 5.78 Å². The van der Waals surface area contributed by atoms with Crippen LogP contribution in [0.1, 0.15) is 27.2 Å². The lowest BCUT2D eigenvalue weighted by atomic mass is 9.96. The molecule has 1 aliphatic heterocycles. The van der Waals surface area contributed by atoms with Gasteiger partial charge in [-0.05, 0) is 31.4 Å². The first-order chi connectivity index (χ1) is 12.5. The lowest BCUT2D eigenvalue weighted by Gasteiger charge is -2.38. The number of nitrogens with zero attached hydrogens (tertiary/aromatic N) is 2. The van der Waals surface area contributed by atoms with Crippen LogP contribution in [-0.2, 0) is 4.79 Å². The van der Waals surface area contributed by atoms with Crippen molar-refractivity contribution in [2.24, 2.45) is 5.92 Å². The Bertz CT molecular complexity index is 630. The summed E-state index contributed by atoms with van der Waals surface area (Å²) in [7, 11) is 0. The minimum Gasteiger partial charge on any atom is -0.490 e. The number of pyridine rings is 1. The summed E-state index contributed by atoms with van der Waals surface area (Å²) in [6, 6.07) is 3.91. The van der Waals surface area contributed by atoms with E-state index in [4.69, 9.17) is 4.74 Å². The molecule has 2 unspecified atom stereocenters. The van der Waals surface area contributed by atoms with Crippen LogP contribution in [0.2, 0.25) is 0 Å². The van der Waals surface area contributed by atoms with Crippen LogP contribution in [-0.4, -0.2) is 48.0 Å². The molecule has 0 aromatic carbocycles. The Hall–Kier alpha value is -2.34. The molecule has 2 heterocycles. The molecule has 0 bridgehead atoms. The SMILES string of the molecule is C=C(N/C=C(/C(C)=O)C(C)CC)N1CCNCC1COc1cccnc1. The van der Waals surface area contributed by atoms with E-state index in [0.29, 0.717) is 6.61 Å². The predicted molar refractivity (Wildman–Crippen MR) is 104 cm³/mol. The van der Waals surface area contributed by atoms with Gasteiger partial charge in [0, 0.05) is 37.6 Å². The van der Waals surface area contributed by atoms with E-state index in [9.17, 15) is 4.79 Å². The quantitative estimate of drug-likeness (QED) is 0.661. The van der Waals surface area contributed by atoms with E-state index in [1.54, 1.807) is 25.5 Å². The Morgan fingerprint density at radius 3 is 3.08 bits per heavy atom. The Morgan fingerprint density at radius 2 is 2.42 bits per heavy atom. The molecule has 142 valence electrons. The summed E-state index contributed by atoms with van der Waals surface area (Å²) in [5, 5.41) is 6.62. The molecule has 1 aromatic heterocycles. The van der Waals surface area contributed by atoms with Crippen LogP contribution in [0.4, 0.5) is 0 Å². The van der Waals surface area contributed by atoms with Gasteiger partial charge in [-0.15, -0.1) is 0 Å². The van der Waals surface area contributed by atoms with E-state index in [2.05, 4.69) is 40.9 Å². The van der Waals surface area contributed by atoms with Crippen LogP contribution in [0.3, 0.4) is 0 Å². The highest BCUT2D eigenvalue weighted by Gasteiger charge is 2.24. The van der Waals surface area contributed by atoms with Crippen molar-refractivity contribution in [2.75, 3.05) is 26.2 Å². The number of ketones is 1. The average molecular weight is 358 g/mol. The van der Waals surface area contributed by atoms with Crippen LogP contribution in [0.25, 0.3) is 0 Å². The van der Waals surface area contributed by atoms with E-state index < -0.39 is 0 Å². The molecule has 6 heteroatoms. The summed E-state index contributed by atoms with van der Waals surface area (Å²) in [6.45, 7) is 13.0. The van der Waals surface area contributed by atoms with Crippen molar-refractivity contribution >= 4 is 5.78 Å². The van der Waals surface area contributed by atoms with Crippen LogP contribution in [0.15, 0.2) is 48.7 Å². The number of hydrogen-bond acceptors (Lipinski definition) is 6. The van der Waals surface area contributed by atoms with Crippen molar-refractivity contribution in [1.82, 2.24) is 20.5 Å². The molecule has 2 rings (SSSR count). The highest BCUT2D eigenvalue weighted by molar-refractivity contribution is 5.93. The Morgan fingerprint density at radius 1 is 1.62 bits per heavy atom. The van der Waals surface area contributed by atoms with Crippen LogP contribution >= 0.6 is 0 Å². The number of carbonyl (C=O) groups excluding carboxylic acids is 1. The normalized spacial score (nSPS) is 19.0. The van der Waals surface area contributed by atoms with E-state index in [1.807, 2.05) is 12.1 Å². The second-order valence-corrected chi connectivity index (χ2v) is 6.61. The molecule has 2 N–H and O–H groups in total. The highest BCUT2D eigenvalue weighted by Crippen LogP contribution is 2.16. The smallest absolute Gasteiger partial charge is 0.157 e. The molecular formula is C20H30N4O2. The molecule has 0 spiro atoms. The van der Waals surface area contributed by atoms with Gasteiger partial charge >= 0.3 is 0 Å². The fourth-order valence-electron chi connectivity index (χ4n) is 2.94. The number of allylic oxidation sites excluding steroid dienone is 1. The zero-order valence-corrected chi connectivity index (χ0v) is 16.0. The zero-order valence-electron chi connectivity index (χ0n) is 16.0. The number of hydrogen-bond donors (Lipinski definition) is 2. The molecule has 1 aliphatic rings. The number of nitrogens with one attached hydrogen (secondary N) is 2. The average Bonchev–Trinajstić information content (AvgIpc) is 2.66. The van der Waals surface area contributed by atoms with Gasteiger partial charge in [-0.3, -0.25) is 9.78 Å². The summed E-state index contributed by atoms with van der Waals surface area (Å²) in [6.07, 6.45) is 6.17. The molecule has 0 aliphatic carbocycles. The number of ether oxygens (including phenoxy) is 1. The van der Waals surface area contributed by atoms with Crippen molar-refractivity contribution in [3.8, 4) is 5.75 Å². The van der Waals surface area contributed by atoms with Crippen molar-refractivity contribution in [2.45, 2.75) is 33.2 Å². The third kappa shape index (κ3) is 5.59. The molecule has 2 atom stereocenters. The van der Waals surface area contributed by atoms with Crippen molar-refractivity contribution in [3.05, 3.63) is 48.7 Å². The summed E-state index contributed by atoms with van der Waals surface area (Å²) in [5.41, 5.74) is 0.798. The van der Waals surface area contributed by atoms with Crippen molar-refractivity contribution in [1.29, 1.82) is 0 Å². The van der Waals surface area contributed by atoms with Gasteiger partial charge in [-0.25, -0.2) is 0 Å². The van der Waals surface area contributed by atoms with Crippen molar-refractivity contribution in [3.63, 3.8) is 0 Å². The maximum Gasteiger partial charge on any atom is 0.157 e. The molecule has 6 nitrogen and oxygen atoms in total. The third-order valence-corrected chi connectivity index (χ3v) is 4.72. The Labute approximate surface area is 156 Å². The van der Waals surface area contributed by atoms with Crippen LogP contribution in [0.5, 0.6) is 5.75 Å². The first-order valence-corrected chi connectivity index (χ1v) is 9.19. The summed E-state index contributed by atoms with van der Waals surface area (Å²) < 4.78 is 5.86. The summed E-state index contributed by atoms with van der Waals surface area (Å²) in [4.78, 5) is 18.1. The van der Waals surface area contributed by atoms with Gasteiger partial charge in [0.25, 0.3) is 0 Å². The molecule has 1 aromatic rings. The van der Waals surface area contributed by atoms with Gasteiger partial charge in [-0.2, -0.15) is 0 Å². The maximum absolute atomic E-state index is 11.9. The monoisotopic (exact) mass is 358 g/mol. The second-order valence-electron chi connectivity index (χ2n) is 6.61. The predicted octanol–water partition coefficient (Wildman–Crippen LogP) is 2.31. The van der Waals surface area contributed by atoms with Gasteiger partial charge in [0.1, 0.15) is 12.4 Å². The number of carbonyl (C=O) groups is 1. The number of aromatic nitrogens is 1. The molecule has 26 heavy (non-hydrogen) atoms. The number of Topliss-reactive ketones (excluding diaryl/α,β-unsaturated/α-hetero) is 1. The first kappa shape index (κ1) is 20.0. The highest BCUT2D eigenvalue weighted by atomic mass is 16.5. The molecule has 1 fully saturated rings. The standard InChI is InChI=1S/C20H30N4O2/c1-5-15(2)20(16(3)25)13-23-17(4)24-10-9-22-11-18(24)14-26-19-7-6-8-21-12-19/h6-8,12-13,15,18,22-23H,4-5,9-11,14H2,1-3H3/b20-13+. The summed E-state index contributed by atoms with van der Waals surface area (Å²) in [5.74, 6) is 1.86. The van der Waals surface area contributed by atoms with Crippen LogP contribution < -0.4 is 15.4 Å². The van der Waals surface area contributed by atoms with Crippen LogP contribution in [0, 0.1) is 5.92 Å². The Balaban J connectivity index is 1.99. The Kier molecular flexibility index (Phi) is 7.66. The topological polar surface area (TPSA) is 66.5 Å². The second kappa shape index (κ2) is 9.97. The van der Waals surface area contributed by atoms with E-state index >= 15 is 0 Å². The van der Waals surface area contributed by atoms with E-state index in [-0.39, 0.29) is 17.7 Å². The van der Waals surface area contributed by atoms with E-state index in [1.165, 1.54) is 0 Å². The molecular weight excluding hydrogens is 328 g/mol. The molecule has 0 radical (unpaired) electrons. The first-order valence-electron chi connectivity index (χ1n) is 9.19. The maximum atomic E-state index is 11.9. The van der Waals surface area contributed by atoms with E-state index in [0.717, 1.165) is 43.2 Å². The minimum absolute atomic E-state index is 0.0939.